The van der Waals surface area contributed by atoms with Gasteiger partial charge in [0, 0.05) is 25.2 Å². The van der Waals surface area contributed by atoms with Crippen LogP contribution in [0.5, 0.6) is 0 Å². The largest absolute Gasteiger partial charge is 0.345 e. The number of likely N-dealkylation sites (N-methyl/N-ethyl adjacent to an activating group) is 1. The quantitative estimate of drug-likeness (QED) is 0.869. The minimum Gasteiger partial charge on any atom is -0.345 e. The van der Waals surface area contributed by atoms with Crippen molar-refractivity contribution in [3.63, 3.8) is 0 Å². The summed E-state index contributed by atoms with van der Waals surface area (Å²) in [6.07, 6.45) is 0.743. The lowest BCUT2D eigenvalue weighted by Gasteiger charge is -2.31. The third kappa shape index (κ3) is 4.96. The van der Waals surface area contributed by atoms with Crippen LogP contribution >= 0.6 is 12.4 Å². The summed E-state index contributed by atoms with van der Waals surface area (Å²) in [6.45, 7) is 8.22. The summed E-state index contributed by atoms with van der Waals surface area (Å²) in [4.78, 5) is 14.3. The molecule has 0 bridgehead atoms. The molecule has 0 fully saturated rings. The molecule has 3 nitrogen and oxygen atoms in total. The Hall–Kier alpha value is -1.13. The van der Waals surface area contributed by atoms with Gasteiger partial charge in [0.15, 0.2) is 0 Å². The van der Waals surface area contributed by atoms with Gasteiger partial charge in [-0.3, -0.25) is 4.79 Å². The molecule has 1 aromatic carbocycles. The van der Waals surface area contributed by atoms with Crippen LogP contribution in [0, 0.1) is 11.7 Å². The Balaban J connectivity index is 0.00000441. The molecule has 0 saturated heterocycles. The van der Waals surface area contributed by atoms with Crippen LogP contribution in [0.25, 0.3) is 0 Å². The van der Waals surface area contributed by atoms with Crippen LogP contribution in [0.15, 0.2) is 24.3 Å². The summed E-state index contributed by atoms with van der Waals surface area (Å²) in [5.74, 6) is -0.0558. The van der Waals surface area contributed by atoms with Crippen molar-refractivity contribution < 1.29 is 9.18 Å². The third-order valence-electron chi connectivity index (χ3n) is 4.08. The highest BCUT2D eigenvalue weighted by atomic mass is 35.5. The van der Waals surface area contributed by atoms with E-state index in [0.717, 1.165) is 6.42 Å². The molecule has 1 rings (SSSR count). The molecule has 1 unspecified atom stereocenters. The third-order valence-corrected chi connectivity index (χ3v) is 4.08. The van der Waals surface area contributed by atoms with Gasteiger partial charge in [0.05, 0.1) is 5.41 Å². The van der Waals surface area contributed by atoms with Gasteiger partial charge in [-0.1, -0.05) is 32.0 Å². The highest BCUT2D eigenvalue weighted by Gasteiger charge is 2.34. The standard InChI is InChI=1S/C17H27FN2O.ClH/c1-12(2)15(19)10-11-20(5)16(21)17(3,4)13-8-6-7-9-14(13)18;/h6-9,12,15H,10-11,19H2,1-5H3;1H. The number of hydrogen-bond acceptors (Lipinski definition) is 2. The molecule has 22 heavy (non-hydrogen) atoms. The fourth-order valence-electron chi connectivity index (χ4n) is 2.34. The molecule has 0 aliphatic rings. The minimum absolute atomic E-state index is 0. The Bertz CT molecular complexity index is 491. The van der Waals surface area contributed by atoms with E-state index in [-0.39, 0.29) is 30.2 Å². The minimum atomic E-state index is -0.887. The monoisotopic (exact) mass is 330 g/mol. The summed E-state index contributed by atoms with van der Waals surface area (Å²) >= 11 is 0. The van der Waals surface area contributed by atoms with E-state index in [9.17, 15) is 9.18 Å². The Kier molecular flexibility index (Phi) is 8.05. The van der Waals surface area contributed by atoms with E-state index >= 15 is 0 Å². The molecular formula is C17H28ClFN2O. The van der Waals surface area contributed by atoms with Crippen LogP contribution in [-0.4, -0.2) is 30.4 Å². The van der Waals surface area contributed by atoms with E-state index in [1.165, 1.54) is 6.07 Å². The Morgan fingerprint density at radius 1 is 1.32 bits per heavy atom. The second-order valence-corrected chi connectivity index (χ2v) is 6.53. The van der Waals surface area contributed by atoms with Crippen LogP contribution in [0.4, 0.5) is 4.39 Å². The summed E-state index contributed by atoms with van der Waals surface area (Å²) in [7, 11) is 1.75. The topological polar surface area (TPSA) is 46.3 Å². The predicted octanol–water partition coefficient (Wildman–Crippen LogP) is 3.36. The molecule has 0 aliphatic carbocycles. The zero-order chi connectivity index (χ0) is 16.2. The zero-order valence-electron chi connectivity index (χ0n) is 14.1. The molecule has 1 atom stereocenters. The molecule has 126 valence electrons. The van der Waals surface area contributed by atoms with Crippen LogP contribution in [0.3, 0.4) is 0 Å². The van der Waals surface area contributed by atoms with Crippen molar-refractivity contribution in [3.8, 4) is 0 Å². The molecule has 5 heteroatoms. The molecule has 0 saturated carbocycles. The van der Waals surface area contributed by atoms with Crippen LogP contribution < -0.4 is 5.73 Å². The molecular weight excluding hydrogens is 303 g/mol. The normalized spacial score (nSPS) is 12.7. The number of rotatable bonds is 6. The Morgan fingerprint density at radius 3 is 2.36 bits per heavy atom. The maximum Gasteiger partial charge on any atom is 0.232 e. The van der Waals surface area contributed by atoms with E-state index < -0.39 is 5.41 Å². The summed E-state index contributed by atoms with van der Waals surface area (Å²) in [6, 6.07) is 6.50. The maximum absolute atomic E-state index is 13.9. The average molecular weight is 331 g/mol. The van der Waals surface area contributed by atoms with Crippen molar-refractivity contribution in [2.45, 2.75) is 45.6 Å². The Morgan fingerprint density at radius 2 is 1.86 bits per heavy atom. The van der Waals surface area contributed by atoms with Gasteiger partial charge in [-0.2, -0.15) is 0 Å². The average Bonchev–Trinajstić information content (AvgIpc) is 2.43. The fraction of sp³-hybridized carbons (Fsp3) is 0.588. The van der Waals surface area contributed by atoms with E-state index in [2.05, 4.69) is 13.8 Å². The number of carbonyl (C=O) groups excluding carboxylic acids is 1. The lowest BCUT2D eigenvalue weighted by atomic mass is 9.82. The lowest BCUT2D eigenvalue weighted by Crippen LogP contribution is -2.43. The van der Waals surface area contributed by atoms with E-state index in [1.54, 1.807) is 44.0 Å². The number of nitrogens with zero attached hydrogens (tertiary/aromatic N) is 1. The van der Waals surface area contributed by atoms with Gasteiger partial charge in [0.2, 0.25) is 5.91 Å². The van der Waals surface area contributed by atoms with Crippen molar-refractivity contribution >= 4 is 18.3 Å². The summed E-state index contributed by atoms with van der Waals surface area (Å²) in [5.41, 5.74) is 5.55. The maximum atomic E-state index is 13.9. The van der Waals surface area contributed by atoms with Gasteiger partial charge in [-0.05, 0) is 32.3 Å². The molecule has 2 N–H and O–H groups in total. The summed E-state index contributed by atoms with van der Waals surface area (Å²) in [5, 5.41) is 0. The molecule has 0 spiro atoms. The molecule has 1 aromatic rings. The first-order chi connectivity index (χ1) is 9.67. The smallest absolute Gasteiger partial charge is 0.232 e. The second-order valence-electron chi connectivity index (χ2n) is 6.53. The first kappa shape index (κ1) is 20.9. The van der Waals surface area contributed by atoms with Gasteiger partial charge in [-0.15, -0.1) is 12.4 Å². The van der Waals surface area contributed by atoms with E-state index in [1.807, 2.05) is 0 Å². The Labute approximate surface area is 139 Å². The van der Waals surface area contributed by atoms with Gasteiger partial charge in [0.25, 0.3) is 0 Å². The first-order valence-electron chi connectivity index (χ1n) is 7.44. The summed E-state index contributed by atoms with van der Waals surface area (Å²) < 4.78 is 13.9. The molecule has 1 amide bonds. The van der Waals surface area contributed by atoms with Crippen molar-refractivity contribution in [1.82, 2.24) is 4.90 Å². The van der Waals surface area contributed by atoms with Gasteiger partial charge in [0.1, 0.15) is 5.82 Å². The predicted molar refractivity (Wildman–Crippen MR) is 91.7 cm³/mol. The fourth-order valence-corrected chi connectivity index (χ4v) is 2.34. The molecule has 0 radical (unpaired) electrons. The van der Waals surface area contributed by atoms with E-state index in [4.69, 9.17) is 5.73 Å². The van der Waals surface area contributed by atoms with Gasteiger partial charge in [-0.25, -0.2) is 4.39 Å². The molecule has 0 aromatic heterocycles. The van der Waals surface area contributed by atoms with Crippen molar-refractivity contribution in [2.24, 2.45) is 11.7 Å². The van der Waals surface area contributed by atoms with Crippen LogP contribution in [0.2, 0.25) is 0 Å². The van der Waals surface area contributed by atoms with Crippen molar-refractivity contribution in [2.75, 3.05) is 13.6 Å². The van der Waals surface area contributed by atoms with E-state index in [0.29, 0.717) is 18.0 Å². The number of benzene rings is 1. The van der Waals surface area contributed by atoms with Gasteiger partial charge >= 0.3 is 0 Å². The van der Waals surface area contributed by atoms with Crippen molar-refractivity contribution in [3.05, 3.63) is 35.6 Å². The number of carbonyl (C=O) groups is 1. The highest BCUT2D eigenvalue weighted by molar-refractivity contribution is 5.87. The lowest BCUT2D eigenvalue weighted by molar-refractivity contribution is -0.135. The number of amides is 1. The SMILES string of the molecule is CC(C)C(N)CCN(C)C(=O)C(C)(C)c1ccccc1F.Cl. The zero-order valence-corrected chi connectivity index (χ0v) is 14.9. The van der Waals surface area contributed by atoms with Gasteiger partial charge < -0.3 is 10.6 Å². The number of nitrogens with two attached hydrogens (primary N) is 1. The highest BCUT2D eigenvalue weighted by Crippen LogP contribution is 2.27. The first-order valence-corrected chi connectivity index (χ1v) is 7.44. The molecule has 0 heterocycles. The number of hydrogen-bond donors (Lipinski definition) is 1. The van der Waals surface area contributed by atoms with Crippen LogP contribution in [0.1, 0.15) is 39.7 Å². The second kappa shape index (κ2) is 8.49. The number of halogens is 2. The van der Waals surface area contributed by atoms with Crippen LogP contribution in [-0.2, 0) is 10.2 Å². The van der Waals surface area contributed by atoms with Crippen molar-refractivity contribution in [1.29, 1.82) is 0 Å². The molecule has 0 aliphatic heterocycles.